The van der Waals surface area contributed by atoms with E-state index < -0.39 is 18.0 Å². The molecule has 2 aromatic rings. The van der Waals surface area contributed by atoms with Gasteiger partial charge in [0.2, 0.25) is 0 Å². The van der Waals surface area contributed by atoms with E-state index in [1.165, 1.54) is 6.92 Å². The van der Waals surface area contributed by atoms with Gasteiger partial charge in [0, 0.05) is 10.2 Å². The standard InChI is InChI=1S/C14H11BrClNO3S/c1-8(20-14(19)11-6-7-12(16)21-11)13(18)17-10-4-2-9(15)3-5-10/h2-8H,1H3,(H,17,18)/t8-/m1/s1. The number of hydrogen-bond acceptors (Lipinski definition) is 4. The molecule has 0 aliphatic carbocycles. The van der Waals surface area contributed by atoms with Crippen LogP contribution in [0, 0.1) is 0 Å². The molecule has 1 heterocycles. The summed E-state index contributed by atoms with van der Waals surface area (Å²) < 4.78 is 6.50. The summed E-state index contributed by atoms with van der Waals surface area (Å²) in [5.41, 5.74) is 0.630. The molecule has 1 N–H and O–H groups in total. The average molecular weight is 389 g/mol. The molecule has 0 unspecified atom stereocenters. The Morgan fingerprint density at radius 3 is 2.48 bits per heavy atom. The van der Waals surface area contributed by atoms with Crippen molar-refractivity contribution >= 4 is 56.4 Å². The topological polar surface area (TPSA) is 55.4 Å². The second-order valence-electron chi connectivity index (χ2n) is 4.15. The van der Waals surface area contributed by atoms with Crippen LogP contribution in [0.25, 0.3) is 0 Å². The summed E-state index contributed by atoms with van der Waals surface area (Å²) in [5.74, 6) is -0.960. The van der Waals surface area contributed by atoms with Gasteiger partial charge in [-0.1, -0.05) is 27.5 Å². The van der Waals surface area contributed by atoms with Crippen molar-refractivity contribution in [2.75, 3.05) is 5.32 Å². The molecule has 1 atom stereocenters. The first-order valence-corrected chi connectivity index (χ1v) is 7.97. The summed E-state index contributed by atoms with van der Waals surface area (Å²) in [4.78, 5) is 24.1. The molecule has 7 heteroatoms. The lowest BCUT2D eigenvalue weighted by molar-refractivity contribution is -0.123. The number of halogens is 2. The molecule has 21 heavy (non-hydrogen) atoms. The SMILES string of the molecule is C[C@@H](OC(=O)c1ccc(Cl)s1)C(=O)Nc1ccc(Br)cc1. The lowest BCUT2D eigenvalue weighted by Gasteiger charge is -2.13. The van der Waals surface area contributed by atoms with Crippen LogP contribution in [0.5, 0.6) is 0 Å². The molecule has 4 nitrogen and oxygen atoms in total. The Morgan fingerprint density at radius 1 is 1.24 bits per heavy atom. The van der Waals surface area contributed by atoms with Gasteiger partial charge in [-0.3, -0.25) is 4.79 Å². The molecule has 0 spiro atoms. The van der Waals surface area contributed by atoms with E-state index in [2.05, 4.69) is 21.2 Å². The number of nitrogens with one attached hydrogen (secondary N) is 1. The van der Waals surface area contributed by atoms with E-state index in [1.807, 2.05) is 0 Å². The smallest absolute Gasteiger partial charge is 0.349 e. The molecular weight excluding hydrogens is 378 g/mol. The normalized spacial score (nSPS) is 11.8. The fraction of sp³-hybridized carbons (Fsp3) is 0.143. The van der Waals surface area contributed by atoms with Crippen LogP contribution in [-0.2, 0) is 9.53 Å². The molecule has 0 bridgehead atoms. The minimum Gasteiger partial charge on any atom is -0.448 e. The van der Waals surface area contributed by atoms with Crippen LogP contribution >= 0.6 is 38.9 Å². The summed E-state index contributed by atoms with van der Waals surface area (Å²) in [6, 6.07) is 10.3. The molecule has 110 valence electrons. The van der Waals surface area contributed by atoms with E-state index in [0.717, 1.165) is 15.8 Å². The zero-order valence-corrected chi connectivity index (χ0v) is 14.1. The van der Waals surface area contributed by atoms with Crippen LogP contribution in [0.2, 0.25) is 4.34 Å². The predicted molar refractivity (Wildman–Crippen MR) is 87.0 cm³/mol. The molecule has 0 saturated heterocycles. The lowest BCUT2D eigenvalue weighted by Crippen LogP contribution is -2.29. The maximum Gasteiger partial charge on any atom is 0.349 e. The van der Waals surface area contributed by atoms with Gasteiger partial charge in [-0.2, -0.15) is 0 Å². The number of esters is 1. The molecule has 0 aliphatic rings. The number of ether oxygens (including phenoxy) is 1. The third-order valence-corrected chi connectivity index (χ3v) is 4.28. The van der Waals surface area contributed by atoms with E-state index in [1.54, 1.807) is 36.4 Å². The van der Waals surface area contributed by atoms with E-state index in [4.69, 9.17) is 16.3 Å². The maximum absolute atomic E-state index is 11.9. The number of carbonyl (C=O) groups excluding carboxylic acids is 2. The predicted octanol–water partition coefficient (Wildman–Crippen LogP) is 4.35. The number of hydrogen-bond donors (Lipinski definition) is 1. The van der Waals surface area contributed by atoms with E-state index >= 15 is 0 Å². The van der Waals surface area contributed by atoms with Crippen molar-refractivity contribution in [1.82, 2.24) is 0 Å². The Morgan fingerprint density at radius 2 is 1.90 bits per heavy atom. The molecule has 0 fully saturated rings. The van der Waals surface area contributed by atoms with Crippen molar-refractivity contribution in [3.8, 4) is 0 Å². The van der Waals surface area contributed by atoms with Crippen LogP contribution in [0.15, 0.2) is 40.9 Å². The van der Waals surface area contributed by atoms with Crippen LogP contribution in [0.1, 0.15) is 16.6 Å². The highest BCUT2D eigenvalue weighted by molar-refractivity contribution is 9.10. The molecular formula is C14H11BrClNO3S. The average Bonchev–Trinajstić information content (AvgIpc) is 2.88. The van der Waals surface area contributed by atoms with E-state index in [0.29, 0.717) is 14.9 Å². The largest absolute Gasteiger partial charge is 0.448 e. The van der Waals surface area contributed by atoms with Crippen molar-refractivity contribution in [3.05, 3.63) is 50.1 Å². The molecule has 0 radical (unpaired) electrons. The van der Waals surface area contributed by atoms with Crippen LogP contribution in [-0.4, -0.2) is 18.0 Å². The summed E-state index contributed by atoms with van der Waals surface area (Å²) >= 11 is 10.2. The second-order valence-corrected chi connectivity index (χ2v) is 6.78. The number of anilines is 1. The number of thiophene rings is 1. The Labute approximate surface area is 139 Å². The van der Waals surface area contributed by atoms with Gasteiger partial charge in [0.1, 0.15) is 4.88 Å². The van der Waals surface area contributed by atoms with E-state index in [9.17, 15) is 9.59 Å². The number of amides is 1. The number of carbonyl (C=O) groups is 2. The molecule has 1 aromatic carbocycles. The van der Waals surface area contributed by atoms with Gasteiger partial charge in [0.15, 0.2) is 6.10 Å². The van der Waals surface area contributed by atoms with Crippen molar-refractivity contribution in [1.29, 1.82) is 0 Å². The highest BCUT2D eigenvalue weighted by Gasteiger charge is 2.20. The molecule has 2 rings (SSSR count). The molecule has 0 saturated carbocycles. The van der Waals surface area contributed by atoms with Gasteiger partial charge in [0.05, 0.1) is 4.34 Å². The first-order valence-electron chi connectivity index (χ1n) is 5.98. The Kier molecular flexibility index (Phi) is 5.39. The first-order chi connectivity index (χ1) is 9.95. The molecule has 0 aliphatic heterocycles. The van der Waals surface area contributed by atoms with Crippen molar-refractivity contribution in [2.45, 2.75) is 13.0 Å². The molecule has 1 amide bonds. The lowest BCUT2D eigenvalue weighted by atomic mass is 10.3. The van der Waals surface area contributed by atoms with Crippen LogP contribution in [0.3, 0.4) is 0 Å². The third kappa shape index (κ3) is 4.56. The fourth-order valence-corrected chi connectivity index (χ4v) is 2.66. The van der Waals surface area contributed by atoms with Gasteiger partial charge in [-0.15, -0.1) is 11.3 Å². The Bertz CT molecular complexity index is 656. The minimum atomic E-state index is -0.901. The Balaban J connectivity index is 1.93. The highest BCUT2D eigenvalue weighted by Crippen LogP contribution is 2.22. The summed E-state index contributed by atoms with van der Waals surface area (Å²) in [7, 11) is 0. The third-order valence-electron chi connectivity index (χ3n) is 2.54. The van der Waals surface area contributed by atoms with Crippen molar-refractivity contribution in [2.24, 2.45) is 0 Å². The van der Waals surface area contributed by atoms with E-state index in [-0.39, 0.29) is 0 Å². The van der Waals surface area contributed by atoms with Gasteiger partial charge >= 0.3 is 5.97 Å². The fourth-order valence-electron chi connectivity index (χ4n) is 1.47. The van der Waals surface area contributed by atoms with Crippen LogP contribution < -0.4 is 5.32 Å². The quantitative estimate of drug-likeness (QED) is 0.792. The van der Waals surface area contributed by atoms with Crippen molar-refractivity contribution in [3.63, 3.8) is 0 Å². The zero-order valence-electron chi connectivity index (χ0n) is 10.9. The summed E-state index contributed by atoms with van der Waals surface area (Å²) in [6.45, 7) is 1.52. The van der Waals surface area contributed by atoms with Crippen LogP contribution in [0.4, 0.5) is 5.69 Å². The minimum absolute atomic E-state index is 0.364. The second kappa shape index (κ2) is 7.06. The summed E-state index contributed by atoms with van der Waals surface area (Å²) in [6.07, 6.45) is -0.901. The first kappa shape index (κ1) is 16.0. The number of benzene rings is 1. The van der Waals surface area contributed by atoms with Crippen molar-refractivity contribution < 1.29 is 14.3 Å². The summed E-state index contributed by atoms with van der Waals surface area (Å²) in [5, 5.41) is 2.67. The van der Waals surface area contributed by atoms with Gasteiger partial charge in [-0.25, -0.2) is 4.79 Å². The monoisotopic (exact) mass is 387 g/mol. The van der Waals surface area contributed by atoms with Gasteiger partial charge < -0.3 is 10.1 Å². The maximum atomic E-state index is 11.9. The number of rotatable bonds is 4. The Hall–Kier alpha value is -1.37. The van der Waals surface area contributed by atoms with Gasteiger partial charge in [0.25, 0.3) is 5.91 Å². The molecule has 1 aromatic heterocycles. The zero-order chi connectivity index (χ0) is 15.4. The van der Waals surface area contributed by atoms with Gasteiger partial charge in [-0.05, 0) is 43.3 Å². The highest BCUT2D eigenvalue weighted by atomic mass is 79.9.